The van der Waals surface area contributed by atoms with E-state index < -0.39 is 30.6 Å². The lowest BCUT2D eigenvalue weighted by atomic mass is 10.1. The van der Waals surface area contributed by atoms with Gasteiger partial charge in [-0.05, 0) is 56.3 Å². The second-order valence-corrected chi connectivity index (χ2v) is 7.81. The van der Waals surface area contributed by atoms with Gasteiger partial charge in [0.2, 0.25) is 5.78 Å². The van der Waals surface area contributed by atoms with Gasteiger partial charge in [0.05, 0.1) is 18.1 Å². The van der Waals surface area contributed by atoms with E-state index in [0.717, 1.165) is 16.1 Å². The standard InChI is InChI=1S/C25H22N4O6/c1-15-12-20(16(2)29(15)18-10-8-17(9-11-18)25(33)34-3)22(30)14-35-23(31)13-28-24(32)19-6-4-5-7-21(19)26-27-28/h4-12H,13-14H2,1-3H3. The molecule has 0 aliphatic rings. The second kappa shape index (κ2) is 9.72. The van der Waals surface area contributed by atoms with Crippen molar-refractivity contribution in [2.24, 2.45) is 0 Å². The van der Waals surface area contributed by atoms with Crippen molar-refractivity contribution in [3.05, 3.63) is 87.5 Å². The van der Waals surface area contributed by atoms with Gasteiger partial charge in [0.15, 0.2) is 6.61 Å². The van der Waals surface area contributed by atoms with Crippen LogP contribution in [0.15, 0.2) is 59.4 Å². The third kappa shape index (κ3) is 4.72. The molecule has 0 spiro atoms. The minimum absolute atomic E-state index is 0.332. The number of aryl methyl sites for hydroxylation is 1. The predicted octanol–water partition coefficient (Wildman–Crippen LogP) is 2.41. The average Bonchev–Trinajstić information content (AvgIpc) is 3.17. The normalized spacial score (nSPS) is 10.8. The highest BCUT2D eigenvalue weighted by Gasteiger charge is 2.19. The number of esters is 2. The summed E-state index contributed by atoms with van der Waals surface area (Å²) in [6.07, 6.45) is 0. The molecule has 0 amide bonds. The number of ether oxygens (including phenoxy) is 2. The number of fused-ring (bicyclic) bond motifs is 1. The maximum atomic E-state index is 12.8. The number of nitrogens with zero attached hydrogens (tertiary/aromatic N) is 4. The average molecular weight is 474 g/mol. The lowest BCUT2D eigenvalue weighted by molar-refractivity contribution is -0.143. The number of methoxy groups -OCH3 is 1. The quantitative estimate of drug-likeness (QED) is 0.296. The minimum Gasteiger partial charge on any atom is -0.465 e. The van der Waals surface area contributed by atoms with E-state index in [-0.39, 0.29) is 5.78 Å². The van der Waals surface area contributed by atoms with Crippen LogP contribution in [0.2, 0.25) is 0 Å². The Kier molecular flexibility index (Phi) is 6.54. The molecule has 0 bridgehead atoms. The van der Waals surface area contributed by atoms with Crippen molar-refractivity contribution in [1.29, 1.82) is 0 Å². The fourth-order valence-electron chi connectivity index (χ4n) is 3.83. The van der Waals surface area contributed by atoms with Crippen molar-refractivity contribution >= 4 is 28.6 Å². The molecule has 2 heterocycles. The molecule has 10 heteroatoms. The number of carbonyl (C=O) groups excluding carboxylic acids is 3. The monoisotopic (exact) mass is 474 g/mol. The second-order valence-electron chi connectivity index (χ2n) is 7.81. The molecule has 178 valence electrons. The maximum absolute atomic E-state index is 12.8. The van der Waals surface area contributed by atoms with Crippen molar-refractivity contribution in [1.82, 2.24) is 19.6 Å². The van der Waals surface area contributed by atoms with Gasteiger partial charge in [0, 0.05) is 22.6 Å². The lowest BCUT2D eigenvalue weighted by Crippen LogP contribution is -2.29. The van der Waals surface area contributed by atoms with Crippen LogP contribution < -0.4 is 5.56 Å². The summed E-state index contributed by atoms with van der Waals surface area (Å²) < 4.78 is 12.6. The summed E-state index contributed by atoms with van der Waals surface area (Å²) in [5.41, 5.74) is 2.98. The highest BCUT2D eigenvalue weighted by Crippen LogP contribution is 2.22. The molecule has 35 heavy (non-hydrogen) atoms. The Morgan fingerprint density at radius 1 is 1.00 bits per heavy atom. The molecule has 4 aromatic rings. The highest BCUT2D eigenvalue weighted by molar-refractivity contribution is 5.99. The Morgan fingerprint density at radius 2 is 1.71 bits per heavy atom. The van der Waals surface area contributed by atoms with E-state index in [4.69, 9.17) is 9.47 Å². The molecule has 0 N–H and O–H groups in total. The first-order chi connectivity index (χ1) is 16.8. The summed E-state index contributed by atoms with van der Waals surface area (Å²) in [6, 6.07) is 15.2. The SMILES string of the molecule is COC(=O)c1ccc(-n2c(C)cc(C(=O)COC(=O)Cn3nnc4ccccc4c3=O)c2C)cc1. The van der Waals surface area contributed by atoms with Crippen molar-refractivity contribution in [3.63, 3.8) is 0 Å². The van der Waals surface area contributed by atoms with Crippen LogP contribution >= 0.6 is 0 Å². The third-order valence-corrected chi connectivity index (χ3v) is 5.55. The molecule has 0 aliphatic heterocycles. The molecular formula is C25H22N4O6. The van der Waals surface area contributed by atoms with E-state index in [0.29, 0.717) is 27.7 Å². The van der Waals surface area contributed by atoms with Gasteiger partial charge in [0.1, 0.15) is 12.1 Å². The number of rotatable bonds is 7. The number of ketones is 1. The van der Waals surface area contributed by atoms with Crippen LogP contribution in [0.5, 0.6) is 0 Å². The molecule has 2 aromatic carbocycles. The Morgan fingerprint density at radius 3 is 2.43 bits per heavy atom. The van der Waals surface area contributed by atoms with E-state index in [9.17, 15) is 19.2 Å². The first-order valence-corrected chi connectivity index (χ1v) is 10.7. The molecule has 4 rings (SSSR count). The smallest absolute Gasteiger partial charge is 0.337 e. The van der Waals surface area contributed by atoms with Crippen LogP contribution in [0.25, 0.3) is 16.6 Å². The van der Waals surface area contributed by atoms with Gasteiger partial charge in [-0.3, -0.25) is 14.4 Å². The fourth-order valence-corrected chi connectivity index (χ4v) is 3.83. The minimum atomic E-state index is -0.780. The van der Waals surface area contributed by atoms with Crippen LogP contribution in [-0.4, -0.2) is 51.0 Å². The topological polar surface area (TPSA) is 122 Å². The Balaban J connectivity index is 1.45. The van der Waals surface area contributed by atoms with Gasteiger partial charge in [-0.15, -0.1) is 5.10 Å². The molecule has 0 atom stereocenters. The predicted molar refractivity (Wildman–Crippen MR) is 126 cm³/mol. The van der Waals surface area contributed by atoms with Crippen molar-refractivity contribution in [2.45, 2.75) is 20.4 Å². The van der Waals surface area contributed by atoms with E-state index >= 15 is 0 Å². The van der Waals surface area contributed by atoms with Crippen LogP contribution in [0, 0.1) is 13.8 Å². The number of benzene rings is 2. The molecular weight excluding hydrogens is 452 g/mol. The zero-order valence-corrected chi connectivity index (χ0v) is 19.3. The summed E-state index contributed by atoms with van der Waals surface area (Å²) in [7, 11) is 1.31. The molecule has 10 nitrogen and oxygen atoms in total. The van der Waals surface area contributed by atoms with Gasteiger partial charge in [0.25, 0.3) is 5.56 Å². The molecule has 0 aliphatic carbocycles. The molecule has 0 saturated heterocycles. The summed E-state index contributed by atoms with van der Waals surface area (Å²) in [5.74, 6) is -1.61. The van der Waals surface area contributed by atoms with Crippen molar-refractivity contribution in [3.8, 4) is 5.69 Å². The van der Waals surface area contributed by atoms with Crippen LogP contribution in [0.4, 0.5) is 0 Å². The summed E-state index contributed by atoms with van der Waals surface area (Å²) in [4.78, 5) is 49.2. The van der Waals surface area contributed by atoms with E-state index in [1.165, 1.54) is 7.11 Å². The molecule has 0 unspecified atom stereocenters. The van der Waals surface area contributed by atoms with E-state index in [2.05, 4.69) is 10.3 Å². The third-order valence-electron chi connectivity index (χ3n) is 5.55. The Labute approximate surface area is 199 Å². The molecule has 2 aromatic heterocycles. The number of carbonyl (C=O) groups is 3. The number of hydrogen-bond donors (Lipinski definition) is 0. The number of aromatic nitrogens is 4. The van der Waals surface area contributed by atoms with Gasteiger partial charge in [-0.25, -0.2) is 4.79 Å². The molecule has 0 saturated carbocycles. The highest BCUT2D eigenvalue weighted by atomic mass is 16.5. The number of Topliss-reactive ketones (excluding diaryl/α,β-unsaturated/α-hetero) is 1. The van der Waals surface area contributed by atoms with Gasteiger partial charge < -0.3 is 14.0 Å². The largest absolute Gasteiger partial charge is 0.465 e. The van der Waals surface area contributed by atoms with Crippen LogP contribution in [-0.2, 0) is 20.8 Å². The molecule has 0 radical (unpaired) electrons. The summed E-state index contributed by atoms with van der Waals surface area (Å²) in [5, 5.41) is 8.01. The van der Waals surface area contributed by atoms with Gasteiger partial charge in [-0.1, -0.05) is 17.3 Å². The Bertz CT molecular complexity index is 1500. The Hall–Kier alpha value is -4.60. The molecule has 0 fully saturated rings. The van der Waals surface area contributed by atoms with E-state index in [1.54, 1.807) is 61.5 Å². The summed E-state index contributed by atoms with van der Waals surface area (Å²) >= 11 is 0. The van der Waals surface area contributed by atoms with Gasteiger partial charge >= 0.3 is 11.9 Å². The zero-order chi connectivity index (χ0) is 25.1. The van der Waals surface area contributed by atoms with Gasteiger partial charge in [-0.2, -0.15) is 4.68 Å². The van der Waals surface area contributed by atoms with Crippen molar-refractivity contribution in [2.75, 3.05) is 13.7 Å². The fraction of sp³-hybridized carbons (Fsp3) is 0.200. The van der Waals surface area contributed by atoms with Crippen LogP contribution in [0.3, 0.4) is 0 Å². The first-order valence-electron chi connectivity index (χ1n) is 10.7. The number of hydrogen-bond acceptors (Lipinski definition) is 8. The summed E-state index contributed by atoms with van der Waals surface area (Å²) in [6.45, 7) is 2.67. The lowest BCUT2D eigenvalue weighted by Gasteiger charge is -2.11. The first kappa shape index (κ1) is 23.6. The van der Waals surface area contributed by atoms with Crippen LogP contribution in [0.1, 0.15) is 32.1 Å². The van der Waals surface area contributed by atoms with E-state index in [1.807, 2.05) is 11.5 Å². The zero-order valence-electron chi connectivity index (χ0n) is 19.3. The van der Waals surface area contributed by atoms with Crippen molar-refractivity contribution < 1.29 is 23.9 Å². The maximum Gasteiger partial charge on any atom is 0.337 e.